The molecule has 0 saturated carbocycles. The van der Waals surface area contributed by atoms with E-state index >= 15 is 0 Å². The van der Waals surface area contributed by atoms with Crippen LogP contribution >= 0.6 is 0 Å². The minimum absolute atomic E-state index is 0.0426. The predicted molar refractivity (Wildman–Crippen MR) is 86.1 cm³/mol. The highest BCUT2D eigenvalue weighted by atomic mass is 16.3. The summed E-state index contributed by atoms with van der Waals surface area (Å²) in [4.78, 5) is 12.1. The molecule has 0 aliphatic carbocycles. The minimum atomic E-state index is -0.519. The summed E-state index contributed by atoms with van der Waals surface area (Å²) in [5.41, 5.74) is 0.488. The molecule has 2 aromatic rings. The van der Waals surface area contributed by atoms with Crippen LogP contribution in [-0.2, 0) is 4.79 Å². The van der Waals surface area contributed by atoms with Gasteiger partial charge < -0.3 is 15.7 Å². The average Bonchev–Trinajstić information content (AvgIpc) is 2.52. The summed E-state index contributed by atoms with van der Waals surface area (Å²) in [6.07, 6.45) is 2.97. The molecular weight excluding hydrogens is 278 g/mol. The number of nitriles is 1. The van der Waals surface area contributed by atoms with Crippen molar-refractivity contribution in [3.05, 3.63) is 60.8 Å². The fourth-order valence-electron chi connectivity index (χ4n) is 1.98. The number of hydrogen-bond donors (Lipinski definition) is 3. The highest BCUT2D eigenvalue weighted by Gasteiger charge is 2.11. The van der Waals surface area contributed by atoms with E-state index in [4.69, 9.17) is 5.26 Å². The standard InChI is InChI=1S/C17H15N3O2/c1-2-9-19-11-12(10-18)17(22)20-15-7-3-6-14-13(15)5-4-8-16(14)21/h2-8,11,19,21H,1,9H2,(H,20,22)/b12-11-. The van der Waals surface area contributed by atoms with E-state index in [1.807, 2.05) is 6.07 Å². The number of carbonyl (C=O) groups excluding carboxylic acids is 1. The third kappa shape index (κ3) is 3.25. The molecule has 0 fully saturated rings. The van der Waals surface area contributed by atoms with Gasteiger partial charge >= 0.3 is 0 Å². The maximum Gasteiger partial charge on any atom is 0.267 e. The van der Waals surface area contributed by atoms with Crippen LogP contribution in [0.5, 0.6) is 5.75 Å². The van der Waals surface area contributed by atoms with Gasteiger partial charge in [-0.15, -0.1) is 6.58 Å². The van der Waals surface area contributed by atoms with Crippen molar-refractivity contribution < 1.29 is 9.90 Å². The van der Waals surface area contributed by atoms with Crippen LogP contribution in [0.2, 0.25) is 0 Å². The van der Waals surface area contributed by atoms with Gasteiger partial charge in [0.25, 0.3) is 5.91 Å². The summed E-state index contributed by atoms with van der Waals surface area (Å²) in [5, 5.41) is 25.7. The number of nitrogens with zero attached hydrogens (tertiary/aromatic N) is 1. The van der Waals surface area contributed by atoms with Gasteiger partial charge in [-0.1, -0.05) is 30.3 Å². The molecule has 110 valence electrons. The van der Waals surface area contributed by atoms with E-state index in [0.717, 1.165) is 0 Å². The zero-order valence-corrected chi connectivity index (χ0v) is 11.8. The lowest BCUT2D eigenvalue weighted by Gasteiger charge is -2.09. The molecule has 5 heteroatoms. The topological polar surface area (TPSA) is 85.2 Å². The Morgan fingerprint density at radius 1 is 1.27 bits per heavy atom. The van der Waals surface area contributed by atoms with Crippen molar-refractivity contribution in [1.82, 2.24) is 5.32 Å². The van der Waals surface area contributed by atoms with E-state index in [9.17, 15) is 9.90 Å². The van der Waals surface area contributed by atoms with Crippen LogP contribution in [0.3, 0.4) is 0 Å². The monoisotopic (exact) mass is 293 g/mol. The maximum atomic E-state index is 12.1. The second kappa shape index (κ2) is 6.95. The maximum absolute atomic E-state index is 12.1. The smallest absolute Gasteiger partial charge is 0.267 e. The molecule has 0 unspecified atom stereocenters. The summed E-state index contributed by atoms with van der Waals surface area (Å²) in [5.74, 6) is -0.382. The Morgan fingerprint density at radius 3 is 2.73 bits per heavy atom. The van der Waals surface area contributed by atoms with Crippen molar-refractivity contribution >= 4 is 22.4 Å². The van der Waals surface area contributed by atoms with E-state index in [1.54, 1.807) is 42.5 Å². The van der Waals surface area contributed by atoms with Crippen molar-refractivity contribution in [2.45, 2.75) is 0 Å². The number of rotatable bonds is 5. The normalized spacial score (nSPS) is 10.8. The highest BCUT2D eigenvalue weighted by Crippen LogP contribution is 2.29. The zero-order chi connectivity index (χ0) is 15.9. The highest BCUT2D eigenvalue weighted by molar-refractivity contribution is 6.11. The minimum Gasteiger partial charge on any atom is -0.507 e. The second-order valence-electron chi connectivity index (χ2n) is 4.50. The van der Waals surface area contributed by atoms with Crippen LogP contribution in [0.15, 0.2) is 60.8 Å². The molecule has 0 bridgehead atoms. The molecule has 0 aliphatic heterocycles. The van der Waals surface area contributed by atoms with Gasteiger partial charge in [-0.2, -0.15) is 5.26 Å². The number of phenolic OH excluding ortho intramolecular Hbond substituents is 1. The Hall–Kier alpha value is -3.26. The van der Waals surface area contributed by atoms with Gasteiger partial charge in [0.1, 0.15) is 17.4 Å². The van der Waals surface area contributed by atoms with E-state index in [-0.39, 0.29) is 11.3 Å². The first kappa shape index (κ1) is 15.1. The third-order valence-electron chi connectivity index (χ3n) is 3.02. The van der Waals surface area contributed by atoms with Crippen molar-refractivity contribution in [2.75, 3.05) is 11.9 Å². The van der Waals surface area contributed by atoms with Gasteiger partial charge in [0.15, 0.2) is 0 Å². The number of benzene rings is 2. The van der Waals surface area contributed by atoms with Crippen LogP contribution in [0.25, 0.3) is 10.8 Å². The average molecular weight is 293 g/mol. The van der Waals surface area contributed by atoms with Crippen LogP contribution in [-0.4, -0.2) is 17.6 Å². The number of carbonyl (C=O) groups is 1. The summed E-state index contributed by atoms with van der Waals surface area (Å²) in [6, 6.07) is 12.1. The Labute approximate surface area is 128 Å². The van der Waals surface area contributed by atoms with Crippen LogP contribution < -0.4 is 10.6 Å². The van der Waals surface area contributed by atoms with Gasteiger partial charge in [-0.05, 0) is 12.1 Å². The Bertz CT molecular complexity index is 788. The van der Waals surface area contributed by atoms with Gasteiger partial charge in [-0.3, -0.25) is 4.79 Å². The molecule has 5 nitrogen and oxygen atoms in total. The lowest BCUT2D eigenvalue weighted by atomic mass is 10.1. The first-order chi connectivity index (χ1) is 10.7. The number of fused-ring (bicyclic) bond motifs is 1. The summed E-state index contributed by atoms with van der Waals surface area (Å²) < 4.78 is 0. The molecule has 0 aliphatic rings. The van der Waals surface area contributed by atoms with Crippen LogP contribution in [0.1, 0.15) is 0 Å². The lowest BCUT2D eigenvalue weighted by molar-refractivity contribution is -0.112. The van der Waals surface area contributed by atoms with Crippen LogP contribution in [0, 0.1) is 11.3 Å². The van der Waals surface area contributed by atoms with Gasteiger partial charge in [0, 0.05) is 29.2 Å². The first-order valence-corrected chi connectivity index (χ1v) is 6.64. The van der Waals surface area contributed by atoms with E-state index < -0.39 is 5.91 Å². The Kier molecular flexibility index (Phi) is 4.78. The van der Waals surface area contributed by atoms with Gasteiger partial charge in [0.2, 0.25) is 0 Å². The Balaban J connectivity index is 2.29. The lowest BCUT2D eigenvalue weighted by Crippen LogP contribution is -2.16. The van der Waals surface area contributed by atoms with Crippen molar-refractivity contribution in [2.24, 2.45) is 0 Å². The first-order valence-electron chi connectivity index (χ1n) is 6.64. The summed E-state index contributed by atoms with van der Waals surface area (Å²) in [6.45, 7) is 4.00. The van der Waals surface area contributed by atoms with Crippen molar-refractivity contribution in [1.29, 1.82) is 5.26 Å². The molecule has 0 aromatic heterocycles. The van der Waals surface area contributed by atoms with Crippen LogP contribution in [0.4, 0.5) is 5.69 Å². The van der Waals surface area contributed by atoms with E-state index in [0.29, 0.717) is 23.0 Å². The van der Waals surface area contributed by atoms with Gasteiger partial charge in [-0.25, -0.2) is 0 Å². The molecule has 0 radical (unpaired) electrons. The molecule has 0 atom stereocenters. The summed E-state index contributed by atoms with van der Waals surface area (Å²) >= 11 is 0. The fourth-order valence-corrected chi connectivity index (χ4v) is 1.98. The zero-order valence-electron chi connectivity index (χ0n) is 11.8. The molecule has 1 amide bonds. The number of amides is 1. The molecule has 2 aromatic carbocycles. The summed E-state index contributed by atoms with van der Waals surface area (Å²) in [7, 11) is 0. The quantitative estimate of drug-likeness (QED) is 0.342. The molecule has 0 saturated heterocycles. The largest absolute Gasteiger partial charge is 0.507 e. The van der Waals surface area contributed by atoms with E-state index in [2.05, 4.69) is 17.2 Å². The number of hydrogen-bond acceptors (Lipinski definition) is 4. The predicted octanol–water partition coefficient (Wildman–Crippen LogP) is 2.67. The molecular formula is C17H15N3O2. The Morgan fingerprint density at radius 2 is 2.00 bits per heavy atom. The number of anilines is 1. The number of phenols is 1. The molecule has 22 heavy (non-hydrogen) atoms. The van der Waals surface area contributed by atoms with Crippen molar-refractivity contribution in [3.8, 4) is 11.8 Å². The van der Waals surface area contributed by atoms with Crippen molar-refractivity contribution in [3.63, 3.8) is 0 Å². The molecule has 2 rings (SSSR count). The second-order valence-corrected chi connectivity index (χ2v) is 4.50. The molecule has 0 spiro atoms. The number of nitrogens with one attached hydrogen (secondary N) is 2. The van der Waals surface area contributed by atoms with Gasteiger partial charge in [0.05, 0.1) is 0 Å². The molecule has 3 N–H and O–H groups in total. The SMILES string of the molecule is C=CCN/C=C(/C#N)C(=O)Nc1cccc2c(O)cccc12. The fraction of sp³-hybridized carbons (Fsp3) is 0.0588. The molecule has 0 heterocycles. The van der Waals surface area contributed by atoms with E-state index in [1.165, 1.54) is 6.20 Å². The number of aromatic hydroxyl groups is 1. The third-order valence-corrected chi connectivity index (χ3v) is 3.02.